The molecule has 1 fully saturated rings. The Balaban J connectivity index is 1.58. The molecule has 0 unspecified atom stereocenters. The molecule has 0 spiro atoms. The molecule has 3 rings (SSSR count). The SMILES string of the molecule is O=C(O)[C@H]1CCCN1C(=O)CCc1nc(-c2ccsc2)no1. The third-order valence-electron chi connectivity index (χ3n) is 3.66. The molecule has 0 aliphatic carbocycles. The molecule has 1 aliphatic rings. The van der Waals surface area contributed by atoms with E-state index >= 15 is 0 Å². The van der Waals surface area contributed by atoms with E-state index in [1.165, 1.54) is 4.90 Å². The van der Waals surface area contributed by atoms with Crippen LogP contribution in [0, 0.1) is 0 Å². The summed E-state index contributed by atoms with van der Waals surface area (Å²) in [5.41, 5.74) is 0.886. The number of thiophene rings is 1. The van der Waals surface area contributed by atoms with Crippen molar-refractivity contribution < 1.29 is 19.2 Å². The second kappa shape index (κ2) is 6.27. The molecule has 1 amide bonds. The number of hydrogen-bond donors (Lipinski definition) is 1. The number of carbonyl (C=O) groups is 2. The van der Waals surface area contributed by atoms with Crippen LogP contribution in [-0.2, 0) is 16.0 Å². The summed E-state index contributed by atoms with van der Waals surface area (Å²) in [7, 11) is 0. The number of aryl methyl sites for hydroxylation is 1. The summed E-state index contributed by atoms with van der Waals surface area (Å²) in [4.78, 5) is 28.9. The van der Waals surface area contributed by atoms with Gasteiger partial charge in [0.05, 0.1) is 0 Å². The van der Waals surface area contributed by atoms with Crippen molar-refractivity contribution >= 4 is 23.2 Å². The molecule has 1 atom stereocenters. The number of carbonyl (C=O) groups excluding carboxylic acids is 1. The first-order chi connectivity index (χ1) is 10.6. The van der Waals surface area contributed by atoms with E-state index in [0.29, 0.717) is 31.1 Å². The zero-order valence-electron chi connectivity index (χ0n) is 11.8. The number of rotatable bonds is 5. The maximum atomic E-state index is 12.1. The number of amides is 1. The summed E-state index contributed by atoms with van der Waals surface area (Å²) in [5, 5.41) is 16.8. The van der Waals surface area contributed by atoms with Crippen molar-refractivity contribution in [2.24, 2.45) is 0 Å². The van der Waals surface area contributed by atoms with Crippen molar-refractivity contribution in [3.8, 4) is 11.4 Å². The number of carboxylic acids is 1. The average molecular weight is 321 g/mol. The standard InChI is InChI=1S/C14H15N3O4S/c18-12(17-6-1-2-10(17)14(19)20)4-3-11-15-13(16-21-11)9-5-7-22-8-9/h5,7-8,10H,1-4,6H2,(H,19,20)/t10-/m1/s1. The first kappa shape index (κ1) is 14.7. The molecule has 7 nitrogen and oxygen atoms in total. The third kappa shape index (κ3) is 3.01. The van der Waals surface area contributed by atoms with Gasteiger partial charge in [-0.2, -0.15) is 16.3 Å². The van der Waals surface area contributed by atoms with Crippen molar-refractivity contribution in [2.45, 2.75) is 31.7 Å². The Hall–Kier alpha value is -2.22. The van der Waals surface area contributed by atoms with E-state index < -0.39 is 12.0 Å². The quantitative estimate of drug-likeness (QED) is 0.902. The maximum absolute atomic E-state index is 12.1. The van der Waals surface area contributed by atoms with Gasteiger partial charge in [-0.05, 0) is 24.3 Å². The van der Waals surface area contributed by atoms with E-state index in [4.69, 9.17) is 9.63 Å². The fourth-order valence-corrected chi connectivity index (χ4v) is 3.18. The molecular weight excluding hydrogens is 306 g/mol. The lowest BCUT2D eigenvalue weighted by Gasteiger charge is -2.20. The molecule has 2 aromatic heterocycles. The Morgan fingerprint density at radius 3 is 3.09 bits per heavy atom. The van der Waals surface area contributed by atoms with Crippen LogP contribution in [0.1, 0.15) is 25.2 Å². The topological polar surface area (TPSA) is 96.5 Å². The van der Waals surface area contributed by atoms with Crippen LogP contribution in [-0.4, -0.2) is 44.6 Å². The van der Waals surface area contributed by atoms with E-state index in [0.717, 1.165) is 12.0 Å². The van der Waals surface area contributed by atoms with Crippen LogP contribution in [0.15, 0.2) is 21.3 Å². The highest BCUT2D eigenvalue weighted by Gasteiger charge is 2.33. The summed E-state index contributed by atoms with van der Waals surface area (Å²) in [6.45, 7) is 0.500. The molecule has 116 valence electrons. The first-order valence-electron chi connectivity index (χ1n) is 7.02. The highest BCUT2D eigenvalue weighted by molar-refractivity contribution is 7.08. The van der Waals surface area contributed by atoms with Gasteiger partial charge in [0.1, 0.15) is 6.04 Å². The molecule has 0 bridgehead atoms. The minimum absolute atomic E-state index is 0.176. The van der Waals surface area contributed by atoms with Gasteiger partial charge in [-0.15, -0.1) is 0 Å². The summed E-state index contributed by atoms with van der Waals surface area (Å²) < 4.78 is 5.13. The Kier molecular flexibility index (Phi) is 4.19. The van der Waals surface area contributed by atoms with Crippen molar-refractivity contribution in [1.82, 2.24) is 15.0 Å². The van der Waals surface area contributed by atoms with Crippen LogP contribution in [0.25, 0.3) is 11.4 Å². The van der Waals surface area contributed by atoms with Gasteiger partial charge in [0.15, 0.2) is 0 Å². The molecule has 22 heavy (non-hydrogen) atoms. The van der Waals surface area contributed by atoms with Crippen molar-refractivity contribution in [2.75, 3.05) is 6.54 Å². The van der Waals surface area contributed by atoms with Gasteiger partial charge < -0.3 is 14.5 Å². The highest BCUT2D eigenvalue weighted by Crippen LogP contribution is 2.21. The van der Waals surface area contributed by atoms with Gasteiger partial charge in [-0.25, -0.2) is 4.79 Å². The number of hydrogen-bond acceptors (Lipinski definition) is 6. The smallest absolute Gasteiger partial charge is 0.326 e. The fraction of sp³-hybridized carbons (Fsp3) is 0.429. The summed E-state index contributed by atoms with van der Waals surface area (Å²) in [6.07, 6.45) is 1.74. The average Bonchev–Trinajstić information content (AvgIpc) is 3.23. The Labute approximate surface area is 130 Å². The molecule has 1 aliphatic heterocycles. The van der Waals surface area contributed by atoms with Crippen LogP contribution in [0.5, 0.6) is 0 Å². The summed E-state index contributed by atoms with van der Waals surface area (Å²) in [5.74, 6) is -0.225. The number of likely N-dealkylation sites (tertiary alicyclic amines) is 1. The molecule has 0 radical (unpaired) electrons. The van der Waals surface area contributed by atoms with Crippen LogP contribution in [0.4, 0.5) is 0 Å². The van der Waals surface area contributed by atoms with Crippen molar-refractivity contribution in [3.05, 3.63) is 22.7 Å². The number of aromatic nitrogens is 2. The van der Waals surface area contributed by atoms with Crippen molar-refractivity contribution in [1.29, 1.82) is 0 Å². The largest absolute Gasteiger partial charge is 0.480 e. The number of carboxylic acid groups (broad SMARTS) is 1. The van der Waals surface area contributed by atoms with E-state index in [1.54, 1.807) is 11.3 Å². The van der Waals surface area contributed by atoms with Crippen LogP contribution < -0.4 is 0 Å². The van der Waals surface area contributed by atoms with E-state index in [1.807, 2.05) is 16.8 Å². The first-order valence-corrected chi connectivity index (χ1v) is 7.97. The van der Waals surface area contributed by atoms with Gasteiger partial charge in [0.25, 0.3) is 0 Å². The summed E-state index contributed by atoms with van der Waals surface area (Å²) in [6, 6.07) is 1.20. The monoisotopic (exact) mass is 321 g/mol. The second-order valence-corrected chi connectivity index (χ2v) is 5.89. The Morgan fingerprint density at radius 1 is 1.50 bits per heavy atom. The molecule has 3 heterocycles. The molecule has 1 N–H and O–H groups in total. The Bertz CT molecular complexity index is 667. The van der Waals surface area contributed by atoms with Crippen molar-refractivity contribution in [3.63, 3.8) is 0 Å². The minimum atomic E-state index is -0.941. The molecular formula is C14H15N3O4S. The molecule has 0 saturated carbocycles. The van der Waals surface area contributed by atoms with Gasteiger partial charge >= 0.3 is 5.97 Å². The molecule has 1 saturated heterocycles. The van der Waals surface area contributed by atoms with E-state index in [9.17, 15) is 9.59 Å². The Morgan fingerprint density at radius 2 is 2.36 bits per heavy atom. The minimum Gasteiger partial charge on any atom is -0.480 e. The van der Waals surface area contributed by atoms with Gasteiger partial charge in [0, 0.05) is 30.3 Å². The summed E-state index contributed by atoms with van der Waals surface area (Å²) >= 11 is 1.54. The predicted molar refractivity (Wildman–Crippen MR) is 78.3 cm³/mol. The van der Waals surface area contributed by atoms with E-state index in [-0.39, 0.29) is 12.3 Å². The lowest BCUT2D eigenvalue weighted by molar-refractivity contribution is -0.148. The molecule has 8 heteroatoms. The zero-order valence-corrected chi connectivity index (χ0v) is 12.6. The lowest BCUT2D eigenvalue weighted by atomic mass is 10.2. The van der Waals surface area contributed by atoms with Gasteiger partial charge in [-0.1, -0.05) is 5.16 Å². The third-order valence-corrected chi connectivity index (χ3v) is 4.34. The van der Waals surface area contributed by atoms with Crippen LogP contribution in [0.2, 0.25) is 0 Å². The van der Waals surface area contributed by atoms with Crippen LogP contribution >= 0.6 is 11.3 Å². The second-order valence-electron chi connectivity index (χ2n) is 5.11. The molecule has 0 aromatic carbocycles. The normalized spacial score (nSPS) is 17.8. The number of aliphatic carboxylic acids is 1. The zero-order chi connectivity index (χ0) is 15.5. The highest BCUT2D eigenvalue weighted by atomic mass is 32.1. The maximum Gasteiger partial charge on any atom is 0.326 e. The van der Waals surface area contributed by atoms with Gasteiger partial charge in [-0.3, -0.25) is 4.79 Å². The predicted octanol–water partition coefficient (Wildman–Crippen LogP) is 1.81. The van der Waals surface area contributed by atoms with Gasteiger partial charge in [0.2, 0.25) is 17.6 Å². The fourth-order valence-electron chi connectivity index (χ4n) is 2.54. The number of nitrogens with zero attached hydrogens (tertiary/aromatic N) is 3. The molecule has 2 aromatic rings. The lowest BCUT2D eigenvalue weighted by Crippen LogP contribution is -2.40. The van der Waals surface area contributed by atoms with Crippen LogP contribution in [0.3, 0.4) is 0 Å². The van der Waals surface area contributed by atoms with E-state index in [2.05, 4.69) is 10.1 Å².